The zero-order valence-corrected chi connectivity index (χ0v) is 11.9. The fourth-order valence-corrected chi connectivity index (χ4v) is 1.77. The number of alkyl halides is 3. The Morgan fingerprint density at radius 2 is 1.95 bits per heavy atom. The number of para-hydroxylation sites is 1. The number of rotatable bonds is 7. The van der Waals surface area contributed by atoms with E-state index in [1.807, 2.05) is 6.92 Å². The third kappa shape index (κ3) is 5.63. The van der Waals surface area contributed by atoms with Gasteiger partial charge in [-0.15, -0.1) is 13.2 Å². The summed E-state index contributed by atoms with van der Waals surface area (Å²) in [6.07, 6.45) is -4.10. The summed E-state index contributed by atoms with van der Waals surface area (Å²) in [7, 11) is 0. The van der Waals surface area contributed by atoms with Crippen LogP contribution in [0.25, 0.3) is 0 Å². The van der Waals surface area contributed by atoms with E-state index in [4.69, 9.17) is 4.74 Å². The van der Waals surface area contributed by atoms with Crippen LogP contribution in [0.2, 0.25) is 0 Å². The van der Waals surface area contributed by atoms with Gasteiger partial charge in [-0.2, -0.15) is 0 Å². The van der Waals surface area contributed by atoms with E-state index in [0.29, 0.717) is 6.54 Å². The summed E-state index contributed by atoms with van der Waals surface area (Å²) >= 11 is 0. The second-order valence-corrected chi connectivity index (χ2v) is 4.22. The Bertz CT molecular complexity index is 463. The lowest BCUT2D eigenvalue weighted by Gasteiger charge is -2.20. The number of benzene rings is 1. The summed E-state index contributed by atoms with van der Waals surface area (Å²) in [5.74, 6) is -1.05. The minimum atomic E-state index is -4.82. The van der Waals surface area contributed by atoms with E-state index in [2.05, 4.69) is 10.1 Å². The maximum Gasteiger partial charge on any atom is 0.573 e. The minimum Gasteiger partial charge on any atom is -0.465 e. The number of halogens is 3. The molecule has 7 heteroatoms. The van der Waals surface area contributed by atoms with Crippen molar-refractivity contribution in [3.63, 3.8) is 0 Å². The summed E-state index contributed by atoms with van der Waals surface area (Å²) in [6, 6.07) is 4.53. The topological polar surface area (TPSA) is 47.6 Å². The lowest BCUT2D eigenvalue weighted by Crippen LogP contribution is -2.32. The quantitative estimate of drug-likeness (QED) is 0.786. The molecule has 0 saturated carbocycles. The van der Waals surface area contributed by atoms with E-state index in [-0.39, 0.29) is 12.2 Å². The molecule has 0 saturated heterocycles. The van der Waals surface area contributed by atoms with Crippen LogP contribution in [0.1, 0.15) is 31.9 Å². The second kappa shape index (κ2) is 7.87. The van der Waals surface area contributed by atoms with Crippen molar-refractivity contribution in [2.45, 2.75) is 32.7 Å². The lowest BCUT2D eigenvalue weighted by atomic mass is 10.1. The van der Waals surface area contributed by atoms with Crippen LogP contribution >= 0.6 is 0 Å². The number of nitrogens with one attached hydrogen (secondary N) is 1. The molecule has 0 fully saturated rings. The molecular weight excluding hydrogens is 287 g/mol. The predicted octanol–water partition coefficient (Wildman–Crippen LogP) is 3.19. The first kappa shape index (κ1) is 17.3. The number of hydrogen-bond acceptors (Lipinski definition) is 4. The molecule has 1 atom stereocenters. The molecule has 1 N–H and O–H groups in total. The van der Waals surface area contributed by atoms with Crippen molar-refractivity contribution in [2.75, 3.05) is 13.2 Å². The van der Waals surface area contributed by atoms with Crippen LogP contribution in [-0.2, 0) is 9.53 Å². The maximum absolute atomic E-state index is 12.4. The molecule has 4 nitrogen and oxygen atoms in total. The SMILES string of the molecule is CCCNC(C(=O)OCC)c1ccccc1OC(F)(F)F. The fourth-order valence-electron chi connectivity index (χ4n) is 1.77. The molecular formula is C14H18F3NO3. The Hall–Kier alpha value is -1.76. The molecule has 21 heavy (non-hydrogen) atoms. The average Bonchev–Trinajstić information content (AvgIpc) is 2.39. The van der Waals surface area contributed by atoms with Crippen molar-refractivity contribution >= 4 is 5.97 Å². The Labute approximate surface area is 121 Å². The number of hydrogen-bond donors (Lipinski definition) is 1. The van der Waals surface area contributed by atoms with Crippen molar-refractivity contribution in [2.24, 2.45) is 0 Å². The lowest BCUT2D eigenvalue weighted by molar-refractivity contribution is -0.275. The average molecular weight is 305 g/mol. The molecule has 0 amide bonds. The van der Waals surface area contributed by atoms with E-state index in [1.165, 1.54) is 18.2 Å². The van der Waals surface area contributed by atoms with Crippen molar-refractivity contribution in [1.82, 2.24) is 5.32 Å². The Morgan fingerprint density at radius 3 is 2.52 bits per heavy atom. The van der Waals surface area contributed by atoms with Gasteiger partial charge in [-0.1, -0.05) is 25.1 Å². The summed E-state index contributed by atoms with van der Waals surface area (Å²) in [5.41, 5.74) is 0.0988. The van der Waals surface area contributed by atoms with Gasteiger partial charge in [-0.3, -0.25) is 0 Å². The van der Waals surface area contributed by atoms with Gasteiger partial charge < -0.3 is 14.8 Å². The largest absolute Gasteiger partial charge is 0.573 e. The van der Waals surface area contributed by atoms with Crippen LogP contribution in [0.15, 0.2) is 24.3 Å². The molecule has 1 aromatic rings. The van der Waals surface area contributed by atoms with Gasteiger partial charge in [-0.05, 0) is 26.0 Å². The van der Waals surface area contributed by atoms with Crippen molar-refractivity contribution in [1.29, 1.82) is 0 Å². The van der Waals surface area contributed by atoms with Crippen LogP contribution in [0.3, 0.4) is 0 Å². The highest BCUT2D eigenvalue weighted by Gasteiger charge is 2.34. The molecule has 0 bridgehead atoms. The van der Waals surface area contributed by atoms with Crippen LogP contribution in [0, 0.1) is 0 Å². The first-order valence-electron chi connectivity index (χ1n) is 6.63. The molecule has 0 radical (unpaired) electrons. The summed E-state index contributed by atoms with van der Waals surface area (Å²) in [6.45, 7) is 4.12. The zero-order chi connectivity index (χ0) is 15.9. The van der Waals surface area contributed by atoms with Crippen molar-refractivity contribution in [3.05, 3.63) is 29.8 Å². The number of ether oxygens (including phenoxy) is 2. The maximum atomic E-state index is 12.4. The standard InChI is InChI=1S/C14H18F3NO3/c1-3-9-18-12(13(19)20-4-2)10-7-5-6-8-11(10)21-14(15,16)17/h5-8,12,18H,3-4,9H2,1-2H3. The summed E-state index contributed by atoms with van der Waals surface area (Å²) < 4.78 is 46.2. The van der Waals surface area contributed by atoms with Gasteiger partial charge in [0, 0.05) is 5.56 Å². The van der Waals surface area contributed by atoms with E-state index >= 15 is 0 Å². The third-order valence-electron chi connectivity index (χ3n) is 2.58. The molecule has 1 unspecified atom stereocenters. The first-order valence-corrected chi connectivity index (χ1v) is 6.63. The Balaban J connectivity index is 3.08. The van der Waals surface area contributed by atoms with Crippen LogP contribution in [0.5, 0.6) is 5.75 Å². The van der Waals surface area contributed by atoms with Gasteiger partial charge in [0.2, 0.25) is 0 Å². The van der Waals surface area contributed by atoms with E-state index in [9.17, 15) is 18.0 Å². The Morgan fingerprint density at radius 1 is 1.29 bits per heavy atom. The van der Waals surface area contributed by atoms with E-state index in [0.717, 1.165) is 6.42 Å². The van der Waals surface area contributed by atoms with Gasteiger partial charge in [0.15, 0.2) is 0 Å². The van der Waals surface area contributed by atoms with Gasteiger partial charge in [0.25, 0.3) is 0 Å². The minimum absolute atomic E-state index is 0.0988. The summed E-state index contributed by atoms with van der Waals surface area (Å²) in [5, 5.41) is 2.87. The molecule has 1 aromatic carbocycles. The first-order chi connectivity index (χ1) is 9.89. The highest BCUT2D eigenvalue weighted by atomic mass is 19.4. The molecule has 0 aromatic heterocycles. The van der Waals surface area contributed by atoms with Gasteiger partial charge in [-0.25, -0.2) is 4.79 Å². The number of carbonyl (C=O) groups is 1. The second-order valence-electron chi connectivity index (χ2n) is 4.22. The molecule has 0 aliphatic carbocycles. The Kier molecular flexibility index (Phi) is 6.48. The summed E-state index contributed by atoms with van der Waals surface area (Å²) in [4.78, 5) is 11.9. The predicted molar refractivity (Wildman–Crippen MR) is 70.8 cm³/mol. The van der Waals surface area contributed by atoms with Gasteiger partial charge in [0.05, 0.1) is 6.61 Å². The van der Waals surface area contributed by atoms with Crippen molar-refractivity contribution in [3.8, 4) is 5.75 Å². The van der Waals surface area contributed by atoms with Gasteiger partial charge in [0.1, 0.15) is 11.8 Å². The van der Waals surface area contributed by atoms with Crippen LogP contribution < -0.4 is 10.1 Å². The highest BCUT2D eigenvalue weighted by molar-refractivity contribution is 5.78. The van der Waals surface area contributed by atoms with Crippen LogP contribution in [0.4, 0.5) is 13.2 Å². The van der Waals surface area contributed by atoms with Gasteiger partial charge >= 0.3 is 12.3 Å². The third-order valence-corrected chi connectivity index (χ3v) is 2.58. The monoisotopic (exact) mass is 305 g/mol. The molecule has 0 spiro atoms. The van der Waals surface area contributed by atoms with Crippen LogP contribution in [-0.4, -0.2) is 25.5 Å². The van der Waals surface area contributed by atoms with Crippen molar-refractivity contribution < 1.29 is 27.4 Å². The highest BCUT2D eigenvalue weighted by Crippen LogP contribution is 2.30. The smallest absolute Gasteiger partial charge is 0.465 e. The number of esters is 1. The number of carbonyl (C=O) groups excluding carboxylic acids is 1. The molecule has 0 aliphatic heterocycles. The molecule has 0 aliphatic rings. The molecule has 118 valence electrons. The normalized spacial score (nSPS) is 12.8. The fraction of sp³-hybridized carbons (Fsp3) is 0.500. The van der Waals surface area contributed by atoms with E-state index < -0.39 is 24.1 Å². The molecule has 0 heterocycles. The zero-order valence-electron chi connectivity index (χ0n) is 11.9. The van der Waals surface area contributed by atoms with E-state index in [1.54, 1.807) is 13.0 Å². The molecule has 1 rings (SSSR count).